The zero-order valence-electron chi connectivity index (χ0n) is 24.4. The van der Waals surface area contributed by atoms with Crippen molar-refractivity contribution in [2.45, 2.75) is 18.7 Å². The first-order valence-corrected chi connectivity index (χ1v) is 14.5. The molecule has 0 radical (unpaired) electrons. The van der Waals surface area contributed by atoms with E-state index in [2.05, 4.69) is 16.0 Å². The predicted molar refractivity (Wildman–Crippen MR) is 172 cm³/mol. The number of carbonyl (C=O) groups excluding carboxylic acids is 3. The fraction of sp³-hybridized carbons (Fsp3) is 0.147. The number of thioether (sulfide) groups is 1. The molecule has 0 aromatic heterocycles. The minimum atomic E-state index is -0.507. The van der Waals surface area contributed by atoms with Crippen molar-refractivity contribution in [3.63, 3.8) is 0 Å². The van der Waals surface area contributed by atoms with Gasteiger partial charge < -0.3 is 25.4 Å². The second-order valence-electron chi connectivity index (χ2n) is 9.63. The minimum absolute atomic E-state index is 0.0441. The van der Waals surface area contributed by atoms with Gasteiger partial charge in [-0.05, 0) is 85.6 Å². The predicted octanol–water partition coefficient (Wildman–Crippen LogP) is 6.46. The first-order chi connectivity index (χ1) is 20.7. The molecule has 0 unspecified atom stereocenters. The van der Waals surface area contributed by atoms with Crippen molar-refractivity contribution in [1.29, 1.82) is 0 Å². The highest BCUT2D eigenvalue weighted by atomic mass is 32.2. The number of nitrogens with one attached hydrogen (secondary N) is 3. The van der Waals surface area contributed by atoms with Crippen molar-refractivity contribution >= 4 is 46.9 Å². The van der Waals surface area contributed by atoms with E-state index in [0.717, 1.165) is 21.7 Å². The molecule has 3 amide bonds. The fourth-order valence-corrected chi connectivity index (χ4v) is 4.87. The van der Waals surface area contributed by atoms with Crippen LogP contribution in [0.2, 0.25) is 0 Å². The number of carbonyl (C=O) groups is 3. The highest BCUT2D eigenvalue weighted by Gasteiger charge is 2.16. The number of anilines is 2. The van der Waals surface area contributed by atoms with Crippen LogP contribution in [0.25, 0.3) is 6.08 Å². The normalized spacial score (nSPS) is 10.9. The fourth-order valence-electron chi connectivity index (χ4n) is 4.17. The molecule has 220 valence electrons. The van der Waals surface area contributed by atoms with Gasteiger partial charge in [-0.1, -0.05) is 42.0 Å². The van der Waals surface area contributed by atoms with Crippen LogP contribution in [-0.4, -0.2) is 37.7 Å². The number of rotatable bonds is 11. The smallest absolute Gasteiger partial charge is 0.272 e. The molecule has 0 bridgehead atoms. The number of hydrogen-bond donors (Lipinski definition) is 3. The largest absolute Gasteiger partial charge is 0.493 e. The van der Waals surface area contributed by atoms with E-state index in [-0.39, 0.29) is 17.4 Å². The Morgan fingerprint density at radius 3 is 2.19 bits per heavy atom. The molecule has 0 aliphatic carbocycles. The highest BCUT2D eigenvalue weighted by molar-refractivity contribution is 8.00. The molecule has 4 aromatic carbocycles. The number of amides is 3. The van der Waals surface area contributed by atoms with Crippen molar-refractivity contribution in [2.75, 3.05) is 30.6 Å². The van der Waals surface area contributed by atoms with Gasteiger partial charge in [-0.3, -0.25) is 14.4 Å². The zero-order chi connectivity index (χ0) is 30.8. The Bertz CT molecular complexity index is 1640. The molecule has 3 N–H and O–H groups in total. The monoisotopic (exact) mass is 595 g/mol. The summed E-state index contributed by atoms with van der Waals surface area (Å²) in [6.07, 6.45) is 1.57. The van der Waals surface area contributed by atoms with E-state index in [1.54, 1.807) is 60.7 Å². The lowest BCUT2D eigenvalue weighted by Crippen LogP contribution is -2.30. The van der Waals surface area contributed by atoms with Crippen molar-refractivity contribution in [2.24, 2.45) is 0 Å². The lowest BCUT2D eigenvalue weighted by Gasteiger charge is -2.13. The summed E-state index contributed by atoms with van der Waals surface area (Å²) < 4.78 is 10.7. The Morgan fingerprint density at radius 2 is 1.51 bits per heavy atom. The van der Waals surface area contributed by atoms with Crippen molar-refractivity contribution in [1.82, 2.24) is 5.32 Å². The number of hydrogen-bond acceptors (Lipinski definition) is 6. The molecule has 4 aromatic rings. The third-order valence-electron chi connectivity index (χ3n) is 6.39. The summed E-state index contributed by atoms with van der Waals surface area (Å²) in [4.78, 5) is 39.7. The molecule has 0 atom stereocenters. The van der Waals surface area contributed by atoms with Crippen molar-refractivity contribution in [3.05, 3.63) is 119 Å². The van der Waals surface area contributed by atoms with Gasteiger partial charge in [0.1, 0.15) is 5.70 Å². The molecule has 0 saturated heterocycles. The third-order valence-corrected chi connectivity index (χ3v) is 7.40. The molecule has 43 heavy (non-hydrogen) atoms. The molecule has 8 nitrogen and oxygen atoms in total. The second-order valence-corrected chi connectivity index (χ2v) is 10.7. The summed E-state index contributed by atoms with van der Waals surface area (Å²) >= 11 is 1.39. The van der Waals surface area contributed by atoms with Gasteiger partial charge in [-0.25, -0.2) is 0 Å². The lowest BCUT2D eigenvalue weighted by atomic mass is 10.1. The van der Waals surface area contributed by atoms with Crippen LogP contribution in [0, 0.1) is 13.8 Å². The summed E-state index contributed by atoms with van der Waals surface area (Å²) in [5, 5.41) is 8.51. The van der Waals surface area contributed by atoms with E-state index in [0.29, 0.717) is 28.3 Å². The van der Waals surface area contributed by atoms with Gasteiger partial charge in [0.25, 0.3) is 11.8 Å². The van der Waals surface area contributed by atoms with Crippen LogP contribution in [-0.2, 0) is 9.59 Å². The number of aryl methyl sites for hydroxylation is 2. The summed E-state index contributed by atoms with van der Waals surface area (Å²) in [7, 11) is 3.06. The van der Waals surface area contributed by atoms with Crippen LogP contribution in [0.1, 0.15) is 27.0 Å². The molecule has 9 heteroatoms. The molecule has 4 rings (SSSR count). The Hall–Kier alpha value is -5.02. The van der Waals surface area contributed by atoms with E-state index >= 15 is 0 Å². The van der Waals surface area contributed by atoms with Crippen LogP contribution < -0.4 is 25.4 Å². The first-order valence-electron chi connectivity index (χ1n) is 13.5. The van der Waals surface area contributed by atoms with Crippen LogP contribution >= 0.6 is 11.8 Å². The Balaban J connectivity index is 1.44. The molecule has 0 aliphatic rings. The standard InChI is InChI=1S/C34H33N3O5S/c1-22-10-16-28(23(2)18-22)36-32(38)21-43-27-14-12-26(13-15-27)35-34(40)29(37-33(39)25-8-6-5-7-9-25)19-24-11-17-30(41-3)31(20-24)42-4/h5-20H,21H2,1-4H3,(H,35,40)(H,36,38)(H,37,39)/b29-19-. The van der Waals surface area contributed by atoms with Gasteiger partial charge in [0.05, 0.1) is 20.0 Å². The van der Waals surface area contributed by atoms with Gasteiger partial charge in [-0.15, -0.1) is 11.8 Å². The van der Waals surface area contributed by atoms with E-state index in [1.165, 1.54) is 26.0 Å². The number of methoxy groups -OCH3 is 2. The molecule has 0 spiro atoms. The van der Waals surface area contributed by atoms with Crippen LogP contribution in [0.15, 0.2) is 102 Å². The summed E-state index contributed by atoms with van der Waals surface area (Å²) in [5.41, 5.74) is 4.56. The van der Waals surface area contributed by atoms with Gasteiger partial charge in [0.15, 0.2) is 11.5 Å². The van der Waals surface area contributed by atoms with E-state index < -0.39 is 11.8 Å². The summed E-state index contributed by atoms with van der Waals surface area (Å²) in [6.45, 7) is 3.97. The maximum atomic E-state index is 13.4. The highest BCUT2D eigenvalue weighted by Crippen LogP contribution is 2.28. The van der Waals surface area contributed by atoms with Gasteiger partial charge in [-0.2, -0.15) is 0 Å². The summed E-state index contributed by atoms with van der Waals surface area (Å²) in [5.74, 6) is 0.234. The molecular formula is C34H33N3O5S. The Morgan fingerprint density at radius 1 is 0.791 bits per heavy atom. The van der Waals surface area contributed by atoms with Crippen molar-refractivity contribution in [3.8, 4) is 11.5 Å². The maximum Gasteiger partial charge on any atom is 0.272 e. The third kappa shape index (κ3) is 8.73. The van der Waals surface area contributed by atoms with E-state index in [9.17, 15) is 14.4 Å². The maximum absolute atomic E-state index is 13.4. The molecule has 0 fully saturated rings. The van der Waals surface area contributed by atoms with Gasteiger partial charge >= 0.3 is 0 Å². The zero-order valence-corrected chi connectivity index (χ0v) is 25.2. The SMILES string of the molecule is COc1ccc(/C=C(\NC(=O)c2ccccc2)C(=O)Nc2ccc(SCC(=O)Nc3ccc(C)cc3C)cc2)cc1OC. The van der Waals surface area contributed by atoms with Crippen LogP contribution in [0.3, 0.4) is 0 Å². The quantitative estimate of drug-likeness (QED) is 0.136. The summed E-state index contributed by atoms with van der Waals surface area (Å²) in [6, 6.07) is 26.9. The molecule has 0 heterocycles. The number of benzene rings is 4. The second kappa shape index (κ2) is 14.7. The first kappa shape index (κ1) is 30.9. The average Bonchev–Trinajstić information content (AvgIpc) is 3.02. The average molecular weight is 596 g/mol. The van der Waals surface area contributed by atoms with Gasteiger partial charge in [0, 0.05) is 21.8 Å². The van der Waals surface area contributed by atoms with Crippen LogP contribution in [0.5, 0.6) is 11.5 Å². The number of ether oxygens (including phenoxy) is 2. The van der Waals surface area contributed by atoms with Crippen molar-refractivity contribution < 1.29 is 23.9 Å². The Kier molecular flexibility index (Phi) is 10.6. The van der Waals surface area contributed by atoms with Gasteiger partial charge in [0.2, 0.25) is 5.91 Å². The molecule has 0 aliphatic heterocycles. The molecular weight excluding hydrogens is 562 g/mol. The minimum Gasteiger partial charge on any atom is -0.493 e. The topological polar surface area (TPSA) is 106 Å². The molecule has 0 saturated carbocycles. The van der Waals surface area contributed by atoms with E-state index in [1.807, 2.05) is 50.2 Å². The Labute approximate surface area is 255 Å². The van der Waals surface area contributed by atoms with E-state index in [4.69, 9.17) is 9.47 Å². The lowest BCUT2D eigenvalue weighted by molar-refractivity contribution is -0.114. The van der Waals surface area contributed by atoms with Crippen LogP contribution in [0.4, 0.5) is 11.4 Å².